The number of amides is 1. The Labute approximate surface area is 203 Å². The number of carbonyl (C=O) groups excluding carboxylic acids is 1. The molecule has 1 aromatic heterocycles. The molecule has 1 unspecified atom stereocenters. The Morgan fingerprint density at radius 1 is 1.15 bits per heavy atom. The number of azo groups is 1. The minimum atomic E-state index is -0.152. The highest BCUT2D eigenvalue weighted by atomic mass is 32.2. The van der Waals surface area contributed by atoms with Crippen molar-refractivity contribution in [3.05, 3.63) is 54.1 Å². The largest absolute Gasteiger partial charge is 0.368 e. The van der Waals surface area contributed by atoms with E-state index in [9.17, 15) is 4.79 Å². The Bertz CT molecular complexity index is 1070. The number of nitrogens with one attached hydrogen (secondary N) is 1. The minimum Gasteiger partial charge on any atom is -0.368 e. The van der Waals surface area contributed by atoms with Gasteiger partial charge in [-0.15, -0.1) is 20.4 Å². The summed E-state index contributed by atoms with van der Waals surface area (Å²) in [5.74, 6) is 0.775. The van der Waals surface area contributed by atoms with Crippen molar-refractivity contribution in [2.24, 2.45) is 10.2 Å². The summed E-state index contributed by atoms with van der Waals surface area (Å²) in [5.41, 5.74) is 3.56. The van der Waals surface area contributed by atoms with E-state index in [1.165, 1.54) is 23.8 Å². The second kappa shape index (κ2) is 12.5. The van der Waals surface area contributed by atoms with Crippen molar-refractivity contribution >= 4 is 51.2 Å². The Morgan fingerprint density at radius 3 is 2.64 bits per heavy atom. The van der Waals surface area contributed by atoms with Gasteiger partial charge in [-0.3, -0.25) is 4.79 Å². The van der Waals surface area contributed by atoms with Gasteiger partial charge < -0.3 is 10.2 Å². The normalized spacial score (nSPS) is 12.1. The average Bonchev–Trinajstić information content (AvgIpc) is 3.26. The van der Waals surface area contributed by atoms with Crippen LogP contribution in [-0.4, -0.2) is 34.4 Å². The zero-order valence-corrected chi connectivity index (χ0v) is 21.1. The molecule has 1 heterocycles. The first-order valence-electron chi connectivity index (χ1n) is 11.1. The van der Waals surface area contributed by atoms with Gasteiger partial charge in [-0.2, -0.15) is 0 Å². The summed E-state index contributed by atoms with van der Waals surface area (Å²) < 4.78 is 0.867. The number of hydrogen-bond acceptors (Lipinski definition) is 8. The van der Waals surface area contributed by atoms with E-state index >= 15 is 0 Å². The van der Waals surface area contributed by atoms with Gasteiger partial charge in [0.2, 0.25) is 5.91 Å². The fourth-order valence-corrected chi connectivity index (χ4v) is 4.88. The quantitative estimate of drug-likeness (QED) is 0.238. The number of nitrogens with zero attached hydrogens (tertiary/aromatic N) is 5. The van der Waals surface area contributed by atoms with Gasteiger partial charge in [-0.1, -0.05) is 67.3 Å². The van der Waals surface area contributed by atoms with Crippen molar-refractivity contribution in [2.45, 2.75) is 50.9 Å². The van der Waals surface area contributed by atoms with Crippen LogP contribution in [0.1, 0.15) is 39.7 Å². The molecule has 33 heavy (non-hydrogen) atoms. The second-order valence-corrected chi connectivity index (χ2v) is 10.0. The first-order valence-corrected chi connectivity index (χ1v) is 12.9. The smallest absolute Gasteiger partial charge is 0.252 e. The summed E-state index contributed by atoms with van der Waals surface area (Å²) in [6.07, 6.45) is 1.96. The van der Waals surface area contributed by atoms with Crippen molar-refractivity contribution in [1.29, 1.82) is 0 Å². The maximum absolute atomic E-state index is 11.9. The molecule has 174 valence electrons. The number of thioether (sulfide) groups is 1. The molecule has 0 radical (unpaired) electrons. The Morgan fingerprint density at radius 2 is 1.94 bits per heavy atom. The lowest BCUT2D eigenvalue weighted by atomic mass is 10.1. The Balaban J connectivity index is 1.85. The number of aromatic nitrogens is 2. The number of rotatable bonds is 11. The van der Waals surface area contributed by atoms with Crippen LogP contribution in [-0.2, 0) is 11.2 Å². The Kier molecular flexibility index (Phi) is 9.38. The van der Waals surface area contributed by atoms with Crippen LogP contribution in [0.25, 0.3) is 0 Å². The van der Waals surface area contributed by atoms with Crippen molar-refractivity contribution in [3.63, 3.8) is 0 Å². The van der Waals surface area contributed by atoms with Crippen LogP contribution in [0.2, 0.25) is 0 Å². The molecule has 0 aliphatic rings. The average molecular weight is 483 g/mol. The lowest BCUT2D eigenvalue weighted by Crippen LogP contribution is -2.34. The molecule has 0 fully saturated rings. The highest BCUT2D eigenvalue weighted by Gasteiger charge is 2.16. The molecule has 2 aromatic carbocycles. The molecule has 1 N–H and O–H groups in total. The summed E-state index contributed by atoms with van der Waals surface area (Å²) in [5, 5.41) is 20.2. The van der Waals surface area contributed by atoms with Crippen LogP contribution in [0.4, 0.5) is 22.2 Å². The molecule has 1 atom stereocenters. The summed E-state index contributed by atoms with van der Waals surface area (Å²) in [4.78, 5) is 14.2. The molecular weight excluding hydrogens is 452 g/mol. The third-order valence-electron chi connectivity index (χ3n) is 5.14. The SMILES string of the molecule is CCSc1nnc(N=Nc2ccc(N(CCc3ccccc3)C(C)CC)cc2NC(C)=O)s1. The lowest BCUT2D eigenvalue weighted by Gasteiger charge is -2.31. The van der Waals surface area contributed by atoms with Crippen LogP contribution >= 0.6 is 23.1 Å². The maximum Gasteiger partial charge on any atom is 0.252 e. The lowest BCUT2D eigenvalue weighted by molar-refractivity contribution is -0.114. The molecule has 0 saturated carbocycles. The molecular formula is C24H30N6OS2. The van der Waals surface area contributed by atoms with E-state index in [1.807, 2.05) is 24.3 Å². The molecule has 9 heteroatoms. The van der Waals surface area contributed by atoms with Crippen LogP contribution in [0, 0.1) is 0 Å². The molecule has 0 aliphatic heterocycles. The van der Waals surface area contributed by atoms with Gasteiger partial charge in [-0.05, 0) is 49.3 Å². The van der Waals surface area contributed by atoms with Gasteiger partial charge in [0.1, 0.15) is 5.69 Å². The zero-order chi connectivity index (χ0) is 23.6. The first-order chi connectivity index (χ1) is 16.0. The number of carbonyl (C=O) groups is 1. The fourth-order valence-electron chi connectivity index (χ4n) is 3.32. The summed E-state index contributed by atoms with van der Waals surface area (Å²) >= 11 is 3.02. The van der Waals surface area contributed by atoms with Gasteiger partial charge in [0.05, 0.1) is 5.69 Å². The van der Waals surface area contributed by atoms with Gasteiger partial charge in [0.25, 0.3) is 5.13 Å². The van der Waals surface area contributed by atoms with Crippen molar-refractivity contribution in [1.82, 2.24) is 10.2 Å². The number of anilines is 2. The van der Waals surface area contributed by atoms with Crippen LogP contribution in [0.15, 0.2) is 63.1 Å². The third-order valence-corrected chi connectivity index (χ3v) is 6.96. The van der Waals surface area contributed by atoms with Gasteiger partial charge in [0.15, 0.2) is 4.34 Å². The topological polar surface area (TPSA) is 82.8 Å². The van der Waals surface area contributed by atoms with E-state index in [0.717, 1.165) is 35.2 Å². The zero-order valence-electron chi connectivity index (χ0n) is 19.5. The van der Waals surface area contributed by atoms with Crippen molar-refractivity contribution in [3.8, 4) is 0 Å². The number of benzene rings is 2. The second-order valence-electron chi connectivity index (χ2n) is 7.55. The van der Waals surface area contributed by atoms with E-state index in [4.69, 9.17) is 0 Å². The highest BCUT2D eigenvalue weighted by molar-refractivity contribution is 8.01. The molecule has 0 saturated heterocycles. The molecule has 7 nitrogen and oxygen atoms in total. The third kappa shape index (κ3) is 7.36. The van der Waals surface area contributed by atoms with E-state index in [1.54, 1.807) is 11.8 Å². The van der Waals surface area contributed by atoms with E-state index in [0.29, 0.717) is 22.5 Å². The Hall–Kier alpha value is -2.78. The molecule has 1 amide bonds. The summed E-state index contributed by atoms with van der Waals surface area (Å²) in [7, 11) is 0. The fraction of sp³-hybridized carbons (Fsp3) is 0.375. The summed E-state index contributed by atoms with van der Waals surface area (Å²) in [6, 6.07) is 16.7. The van der Waals surface area contributed by atoms with Crippen LogP contribution in [0.3, 0.4) is 0 Å². The van der Waals surface area contributed by atoms with E-state index < -0.39 is 0 Å². The summed E-state index contributed by atoms with van der Waals surface area (Å²) in [6.45, 7) is 8.84. The number of hydrogen-bond donors (Lipinski definition) is 1. The molecule has 0 aliphatic carbocycles. The van der Waals surface area contributed by atoms with E-state index in [2.05, 4.69) is 75.7 Å². The minimum absolute atomic E-state index is 0.152. The molecule has 3 rings (SSSR count). The van der Waals surface area contributed by atoms with Gasteiger partial charge in [-0.25, -0.2) is 0 Å². The standard InChI is InChI=1S/C24H30N6OS2/c1-5-17(3)30(15-14-19-10-8-7-9-11-19)20-12-13-21(22(16-20)25-18(4)31)26-27-23-28-29-24(33-23)32-6-2/h7-13,16-17H,5-6,14-15H2,1-4H3,(H,25,31). The van der Waals surface area contributed by atoms with Crippen LogP contribution < -0.4 is 10.2 Å². The molecule has 3 aromatic rings. The van der Waals surface area contributed by atoms with Crippen molar-refractivity contribution in [2.75, 3.05) is 22.5 Å². The predicted octanol–water partition coefficient (Wildman–Crippen LogP) is 6.87. The monoisotopic (exact) mass is 482 g/mol. The van der Waals surface area contributed by atoms with Gasteiger partial charge >= 0.3 is 0 Å². The van der Waals surface area contributed by atoms with Crippen LogP contribution in [0.5, 0.6) is 0 Å². The predicted molar refractivity (Wildman–Crippen MR) is 138 cm³/mol. The molecule has 0 bridgehead atoms. The highest BCUT2D eigenvalue weighted by Crippen LogP contribution is 2.34. The van der Waals surface area contributed by atoms with E-state index in [-0.39, 0.29) is 5.91 Å². The molecule has 0 spiro atoms. The van der Waals surface area contributed by atoms with Gasteiger partial charge in [0, 0.05) is 25.2 Å². The maximum atomic E-state index is 11.9. The first kappa shape index (κ1) is 24.9. The van der Waals surface area contributed by atoms with Crippen molar-refractivity contribution < 1.29 is 4.79 Å².